The van der Waals surface area contributed by atoms with Gasteiger partial charge in [-0.3, -0.25) is 4.79 Å². The van der Waals surface area contributed by atoms with E-state index in [1.807, 2.05) is 13.8 Å². The Hall–Kier alpha value is -2.42. The largest absolute Gasteiger partial charge is 0.497 e. The second-order valence-electron chi connectivity index (χ2n) is 7.32. The Bertz CT molecular complexity index is 881. The van der Waals surface area contributed by atoms with Gasteiger partial charge < -0.3 is 15.4 Å². The molecule has 0 fully saturated rings. The van der Waals surface area contributed by atoms with Gasteiger partial charge >= 0.3 is 6.18 Å². The first-order valence-corrected chi connectivity index (χ1v) is 9.53. The molecule has 0 saturated heterocycles. The molecule has 158 valence electrons. The number of hydrogen-bond donors (Lipinski definition) is 2. The molecule has 10 heteroatoms. The maximum Gasteiger partial charge on any atom is 0.410 e. The van der Waals surface area contributed by atoms with Crippen LogP contribution in [-0.2, 0) is 0 Å². The van der Waals surface area contributed by atoms with E-state index in [0.717, 1.165) is 4.68 Å². The van der Waals surface area contributed by atoms with Crippen LogP contribution in [0.15, 0.2) is 24.3 Å². The van der Waals surface area contributed by atoms with E-state index in [-0.39, 0.29) is 28.9 Å². The summed E-state index contributed by atoms with van der Waals surface area (Å²) in [5.74, 6) is 0.157. The molecule has 2 heterocycles. The molecule has 1 aromatic carbocycles. The predicted octanol–water partition coefficient (Wildman–Crippen LogP) is 4.59. The van der Waals surface area contributed by atoms with Crippen LogP contribution in [0.1, 0.15) is 48.4 Å². The number of ether oxygens (including phenoxy) is 1. The van der Waals surface area contributed by atoms with Crippen molar-refractivity contribution in [3.8, 4) is 5.75 Å². The molecule has 0 spiro atoms. The molecule has 3 rings (SSSR count). The standard InChI is InChI=1S/C19H22ClF3N4O2/c1-10(2)9-24-18(28)16-15(20)17-25-13(11-4-6-12(29-3)7-5-11)8-14(19(21,22)23)27(17)26-16/h4-7,10,13-14,25H,8-9H2,1-3H3,(H,24,28)/t13-,14-/m1/s1. The average molecular weight is 431 g/mol. The number of carbonyl (C=O) groups is 1. The van der Waals surface area contributed by atoms with Crippen LogP contribution in [0.5, 0.6) is 5.75 Å². The Labute approximate surface area is 171 Å². The summed E-state index contributed by atoms with van der Waals surface area (Å²) in [6.45, 7) is 4.17. The fraction of sp³-hybridized carbons (Fsp3) is 0.474. The van der Waals surface area contributed by atoms with Gasteiger partial charge in [-0.05, 0) is 23.6 Å². The summed E-state index contributed by atoms with van der Waals surface area (Å²) >= 11 is 6.27. The number of carbonyl (C=O) groups excluding carboxylic acids is 1. The minimum atomic E-state index is -4.55. The monoisotopic (exact) mass is 430 g/mol. The van der Waals surface area contributed by atoms with Crippen LogP contribution in [-0.4, -0.2) is 35.5 Å². The Balaban J connectivity index is 1.96. The summed E-state index contributed by atoms with van der Waals surface area (Å²) in [5.41, 5.74) is 0.425. The van der Waals surface area contributed by atoms with Crippen molar-refractivity contribution in [2.75, 3.05) is 19.0 Å². The van der Waals surface area contributed by atoms with Crippen molar-refractivity contribution < 1.29 is 22.7 Å². The fourth-order valence-corrected chi connectivity index (χ4v) is 3.43. The maximum atomic E-state index is 13.8. The number of alkyl halides is 3. The number of halogens is 4. The van der Waals surface area contributed by atoms with Crippen LogP contribution < -0.4 is 15.4 Å². The first-order chi connectivity index (χ1) is 13.6. The number of benzene rings is 1. The summed E-state index contributed by atoms with van der Waals surface area (Å²) in [5, 5.41) is 9.42. The Morgan fingerprint density at radius 2 is 2.03 bits per heavy atom. The first kappa shape index (κ1) is 21.3. The molecule has 1 aliphatic rings. The third-order valence-electron chi connectivity index (χ3n) is 4.70. The SMILES string of the molecule is COc1ccc([C@H]2C[C@H](C(F)(F)F)n3nc(C(=O)NCC(C)C)c(Cl)c3N2)cc1. The van der Waals surface area contributed by atoms with Crippen molar-refractivity contribution in [3.05, 3.63) is 40.5 Å². The number of nitrogens with zero attached hydrogens (tertiary/aromatic N) is 2. The quantitative estimate of drug-likeness (QED) is 0.728. The van der Waals surface area contributed by atoms with Crippen LogP contribution in [0.25, 0.3) is 0 Å². The van der Waals surface area contributed by atoms with E-state index in [9.17, 15) is 18.0 Å². The zero-order valence-corrected chi connectivity index (χ0v) is 16.9. The smallest absolute Gasteiger partial charge is 0.410 e. The van der Waals surface area contributed by atoms with Gasteiger partial charge in [0, 0.05) is 13.0 Å². The van der Waals surface area contributed by atoms with Gasteiger partial charge in [-0.15, -0.1) is 0 Å². The Morgan fingerprint density at radius 1 is 1.38 bits per heavy atom. The van der Waals surface area contributed by atoms with Gasteiger partial charge in [0.15, 0.2) is 11.7 Å². The van der Waals surface area contributed by atoms with Gasteiger partial charge in [0.25, 0.3) is 5.91 Å². The summed E-state index contributed by atoms with van der Waals surface area (Å²) < 4.78 is 47.2. The van der Waals surface area contributed by atoms with Gasteiger partial charge in [-0.1, -0.05) is 37.6 Å². The molecule has 0 bridgehead atoms. The summed E-state index contributed by atoms with van der Waals surface area (Å²) in [6, 6.07) is 4.19. The number of fused-ring (bicyclic) bond motifs is 1. The molecular weight excluding hydrogens is 409 g/mol. The van der Waals surface area contributed by atoms with Crippen LogP contribution in [0.4, 0.5) is 19.0 Å². The third kappa shape index (κ3) is 4.44. The van der Waals surface area contributed by atoms with E-state index >= 15 is 0 Å². The Kier molecular flexibility index (Phi) is 5.97. The van der Waals surface area contributed by atoms with Gasteiger partial charge in [0.1, 0.15) is 16.6 Å². The number of aromatic nitrogens is 2. The summed E-state index contributed by atoms with van der Waals surface area (Å²) in [4.78, 5) is 12.4. The van der Waals surface area contributed by atoms with Crippen molar-refractivity contribution >= 4 is 23.3 Å². The molecule has 0 unspecified atom stereocenters. The van der Waals surface area contributed by atoms with E-state index in [1.54, 1.807) is 24.3 Å². The lowest BCUT2D eigenvalue weighted by molar-refractivity contribution is -0.173. The minimum Gasteiger partial charge on any atom is -0.497 e. The van der Waals surface area contributed by atoms with Crippen molar-refractivity contribution in [2.45, 2.75) is 38.5 Å². The zero-order valence-electron chi connectivity index (χ0n) is 16.2. The van der Waals surface area contributed by atoms with E-state index in [2.05, 4.69) is 15.7 Å². The first-order valence-electron chi connectivity index (χ1n) is 9.15. The molecule has 2 N–H and O–H groups in total. The molecular formula is C19H22ClF3N4O2. The maximum absolute atomic E-state index is 13.8. The lowest BCUT2D eigenvalue weighted by atomic mass is 9.97. The van der Waals surface area contributed by atoms with Gasteiger partial charge in [-0.2, -0.15) is 18.3 Å². The molecule has 1 aliphatic heterocycles. The molecule has 2 atom stereocenters. The van der Waals surface area contributed by atoms with Gasteiger partial charge in [-0.25, -0.2) is 4.68 Å². The van der Waals surface area contributed by atoms with E-state index in [4.69, 9.17) is 16.3 Å². The van der Waals surface area contributed by atoms with Crippen molar-refractivity contribution in [3.63, 3.8) is 0 Å². The second-order valence-corrected chi connectivity index (χ2v) is 7.70. The molecule has 6 nitrogen and oxygen atoms in total. The van der Waals surface area contributed by atoms with E-state index in [0.29, 0.717) is 17.9 Å². The third-order valence-corrected chi connectivity index (χ3v) is 5.06. The summed E-state index contributed by atoms with van der Waals surface area (Å²) in [7, 11) is 1.51. The van der Waals surface area contributed by atoms with Crippen molar-refractivity contribution in [1.29, 1.82) is 0 Å². The van der Waals surface area contributed by atoms with Gasteiger partial charge in [0.2, 0.25) is 0 Å². The average Bonchev–Trinajstić information content (AvgIpc) is 3.01. The van der Waals surface area contributed by atoms with Crippen LogP contribution in [0, 0.1) is 5.92 Å². The highest BCUT2D eigenvalue weighted by molar-refractivity contribution is 6.36. The molecule has 29 heavy (non-hydrogen) atoms. The predicted molar refractivity (Wildman–Crippen MR) is 103 cm³/mol. The highest BCUT2D eigenvalue weighted by Gasteiger charge is 2.47. The summed E-state index contributed by atoms with van der Waals surface area (Å²) in [6.07, 6.45) is -4.84. The highest BCUT2D eigenvalue weighted by atomic mass is 35.5. The molecule has 2 aromatic rings. The van der Waals surface area contributed by atoms with E-state index < -0.39 is 24.2 Å². The number of methoxy groups -OCH3 is 1. The van der Waals surface area contributed by atoms with Crippen molar-refractivity contribution in [2.24, 2.45) is 5.92 Å². The number of rotatable bonds is 5. The zero-order chi connectivity index (χ0) is 21.3. The lowest BCUT2D eigenvalue weighted by Gasteiger charge is -2.33. The fourth-order valence-electron chi connectivity index (χ4n) is 3.17. The number of anilines is 1. The molecule has 0 saturated carbocycles. The second kappa shape index (κ2) is 8.14. The number of amides is 1. The van der Waals surface area contributed by atoms with Crippen LogP contribution in [0.3, 0.4) is 0 Å². The molecule has 1 aromatic heterocycles. The number of hydrogen-bond acceptors (Lipinski definition) is 4. The van der Waals surface area contributed by atoms with Crippen LogP contribution >= 0.6 is 11.6 Å². The molecule has 0 aliphatic carbocycles. The minimum absolute atomic E-state index is 0.0178. The normalized spacial score (nSPS) is 18.9. The molecule has 0 radical (unpaired) electrons. The van der Waals surface area contributed by atoms with Crippen molar-refractivity contribution in [1.82, 2.24) is 15.1 Å². The lowest BCUT2D eigenvalue weighted by Crippen LogP contribution is -2.36. The van der Waals surface area contributed by atoms with Gasteiger partial charge in [0.05, 0.1) is 13.2 Å². The number of nitrogens with one attached hydrogen (secondary N) is 2. The van der Waals surface area contributed by atoms with Crippen LogP contribution in [0.2, 0.25) is 5.02 Å². The topological polar surface area (TPSA) is 68.2 Å². The Morgan fingerprint density at radius 3 is 2.59 bits per heavy atom. The van der Waals surface area contributed by atoms with E-state index in [1.165, 1.54) is 7.11 Å². The highest BCUT2D eigenvalue weighted by Crippen LogP contribution is 2.46. The molecule has 1 amide bonds.